The molecule has 1 fully saturated rings. The molecule has 2 aromatic carbocycles. The molecule has 3 aromatic rings. The highest BCUT2D eigenvalue weighted by Crippen LogP contribution is 2.27. The Hall–Kier alpha value is -2.59. The van der Waals surface area contributed by atoms with Crippen LogP contribution in [-0.4, -0.2) is 23.1 Å². The van der Waals surface area contributed by atoms with Crippen molar-refractivity contribution in [2.75, 3.05) is 23.3 Å². The van der Waals surface area contributed by atoms with Gasteiger partial charge in [-0.25, -0.2) is 4.98 Å². The number of nitrogens with zero attached hydrogens (tertiary/aromatic N) is 3. The summed E-state index contributed by atoms with van der Waals surface area (Å²) >= 11 is 5.97. The monoisotopic (exact) mass is 350 g/mol. The molecule has 1 aliphatic heterocycles. The van der Waals surface area contributed by atoms with Crippen molar-refractivity contribution in [3.05, 3.63) is 65.7 Å². The maximum atomic E-state index is 5.97. The first-order chi connectivity index (χ1) is 12.3. The maximum absolute atomic E-state index is 5.97. The number of aromatic nitrogens is 2. The molecule has 0 spiro atoms. The van der Waals surface area contributed by atoms with Crippen LogP contribution in [0.5, 0.6) is 0 Å². The van der Waals surface area contributed by atoms with E-state index in [0.29, 0.717) is 11.0 Å². The van der Waals surface area contributed by atoms with Crippen LogP contribution < -0.4 is 10.2 Å². The molecule has 25 heavy (non-hydrogen) atoms. The Morgan fingerprint density at radius 1 is 0.880 bits per heavy atom. The molecule has 0 bridgehead atoms. The number of nitrogens with one attached hydrogen (secondary N) is 1. The lowest BCUT2D eigenvalue weighted by Crippen LogP contribution is -2.19. The fourth-order valence-electron chi connectivity index (χ4n) is 3.02. The Morgan fingerprint density at radius 3 is 2.32 bits per heavy atom. The van der Waals surface area contributed by atoms with Gasteiger partial charge < -0.3 is 10.2 Å². The molecule has 2 heterocycles. The summed E-state index contributed by atoms with van der Waals surface area (Å²) in [6.07, 6.45) is 2.43. The molecule has 4 rings (SSSR count). The van der Waals surface area contributed by atoms with Crippen LogP contribution >= 0.6 is 11.6 Å². The van der Waals surface area contributed by atoms with Crippen LogP contribution in [-0.2, 0) is 0 Å². The summed E-state index contributed by atoms with van der Waals surface area (Å²) in [7, 11) is 0. The molecular formula is C20H19ClN4. The molecule has 4 nitrogen and oxygen atoms in total. The van der Waals surface area contributed by atoms with Crippen LogP contribution in [0.1, 0.15) is 12.8 Å². The molecule has 1 aliphatic rings. The summed E-state index contributed by atoms with van der Waals surface area (Å²) in [5.41, 5.74) is 2.93. The molecule has 126 valence electrons. The minimum Gasteiger partial charge on any atom is -0.356 e. The van der Waals surface area contributed by atoms with Gasteiger partial charge in [0.05, 0.1) is 5.69 Å². The van der Waals surface area contributed by atoms with Crippen LogP contribution in [0.15, 0.2) is 60.7 Å². The number of anilines is 3. The van der Waals surface area contributed by atoms with E-state index in [2.05, 4.69) is 28.4 Å². The summed E-state index contributed by atoms with van der Waals surface area (Å²) in [5.74, 6) is 1.58. The molecule has 0 aliphatic carbocycles. The molecule has 0 atom stereocenters. The fraction of sp³-hybridized carbons (Fsp3) is 0.200. The lowest BCUT2D eigenvalue weighted by Gasteiger charge is -2.18. The number of benzene rings is 2. The highest BCUT2D eigenvalue weighted by molar-refractivity contribution is 6.30. The van der Waals surface area contributed by atoms with Crippen molar-refractivity contribution in [3.63, 3.8) is 0 Å². The van der Waals surface area contributed by atoms with Gasteiger partial charge in [0.1, 0.15) is 5.82 Å². The first-order valence-electron chi connectivity index (χ1n) is 8.50. The zero-order valence-electron chi connectivity index (χ0n) is 13.8. The van der Waals surface area contributed by atoms with Crippen LogP contribution in [0, 0.1) is 0 Å². The molecule has 0 amide bonds. The summed E-state index contributed by atoms with van der Waals surface area (Å²) in [5, 5.41) is 4.01. The first kappa shape index (κ1) is 15.9. The highest BCUT2D eigenvalue weighted by Gasteiger charge is 2.16. The Kier molecular flexibility index (Phi) is 4.53. The third-order valence-corrected chi connectivity index (χ3v) is 4.56. The van der Waals surface area contributed by atoms with E-state index in [0.717, 1.165) is 35.9 Å². The number of hydrogen-bond acceptors (Lipinski definition) is 4. The molecule has 1 aromatic heterocycles. The van der Waals surface area contributed by atoms with Gasteiger partial charge in [0.25, 0.3) is 0 Å². The minimum atomic E-state index is 0.602. The van der Waals surface area contributed by atoms with Crippen molar-refractivity contribution >= 4 is 29.1 Å². The maximum Gasteiger partial charge on any atom is 0.229 e. The van der Waals surface area contributed by atoms with Gasteiger partial charge in [-0.3, -0.25) is 0 Å². The van der Waals surface area contributed by atoms with Crippen LogP contribution in [0.2, 0.25) is 5.02 Å². The van der Waals surface area contributed by atoms with Gasteiger partial charge in [0.2, 0.25) is 5.95 Å². The SMILES string of the molecule is Clc1ccc(Nc2nc(-c3ccccc3)cc(N3CCCC3)n2)cc1. The molecule has 0 radical (unpaired) electrons. The Bertz CT molecular complexity index is 843. The van der Waals surface area contributed by atoms with E-state index in [4.69, 9.17) is 21.6 Å². The number of halogens is 1. The van der Waals surface area contributed by atoms with Crippen molar-refractivity contribution in [2.24, 2.45) is 0 Å². The van der Waals surface area contributed by atoms with Gasteiger partial charge in [-0.1, -0.05) is 41.9 Å². The Labute approximate surface area is 152 Å². The largest absolute Gasteiger partial charge is 0.356 e. The van der Waals surface area contributed by atoms with Crippen molar-refractivity contribution in [1.29, 1.82) is 0 Å². The second-order valence-corrected chi connectivity index (χ2v) is 6.56. The zero-order chi connectivity index (χ0) is 17.1. The van der Waals surface area contributed by atoms with E-state index >= 15 is 0 Å². The van der Waals surface area contributed by atoms with E-state index < -0.39 is 0 Å². The third-order valence-electron chi connectivity index (χ3n) is 4.31. The van der Waals surface area contributed by atoms with E-state index in [1.807, 2.05) is 42.5 Å². The average molecular weight is 351 g/mol. The molecule has 1 N–H and O–H groups in total. The Morgan fingerprint density at radius 2 is 1.60 bits per heavy atom. The topological polar surface area (TPSA) is 41.1 Å². The van der Waals surface area contributed by atoms with Crippen molar-refractivity contribution in [1.82, 2.24) is 9.97 Å². The van der Waals surface area contributed by atoms with Crippen LogP contribution in [0.3, 0.4) is 0 Å². The summed E-state index contributed by atoms with van der Waals surface area (Å²) in [4.78, 5) is 11.8. The van der Waals surface area contributed by atoms with Gasteiger partial charge >= 0.3 is 0 Å². The minimum absolute atomic E-state index is 0.602. The number of hydrogen-bond donors (Lipinski definition) is 1. The van der Waals surface area contributed by atoms with E-state index in [1.165, 1.54) is 12.8 Å². The lowest BCUT2D eigenvalue weighted by molar-refractivity contribution is 0.931. The Balaban J connectivity index is 1.71. The fourth-order valence-corrected chi connectivity index (χ4v) is 3.14. The average Bonchev–Trinajstić information content (AvgIpc) is 3.19. The van der Waals surface area contributed by atoms with Gasteiger partial charge in [-0.15, -0.1) is 0 Å². The van der Waals surface area contributed by atoms with Crippen LogP contribution in [0.25, 0.3) is 11.3 Å². The van der Waals surface area contributed by atoms with Gasteiger partial charge in [-0.05, 0) is 37.1 Å². The molecule has 0 unspecified atom stereocenters. The lowest BCUT2D eigenvalue weighted by atomic mass is 10.1. The highest BCUT2D eigenvalue weighted by atomic mass is 35.5. The predicted octanol–water partition coefficient (Wildman–Crippen LogP) is 5.14. The summed E-state index contributed by atoms with van der Waals surface area (Å²) in [6, 6.07) is 19.8. The summed E-state index contributed by atoms with van der Waals surface area (Å²) in [6.45, 7) is 2.09. The van der Waals surface area contributed by atoms with Gasteiger partial charge in [0, 0.05) is 35.4 Å². The second kappa shape index (κ2) is 7.11. The van der Waals surface area contributed by atoms with Crippen molar-refractivity contribution in [3.8, 4) is 11.3 Å². The van der Waals surface area contributed by atoms with E-state index in [-0.39, 0.29) is 0 Å². The van der Waals surface area contributed by atoms with Crippen LogP contribution in [0.4, 0.5) is 17.5 Å². The predicted molar refractivity (Wildman–Crippen MR) is 104 cm³/mol. The normalized spacial score (nSPS) is 13.9. The smallest absolute Gasteiger partial charge is 0.229 e. The molecular weight excluding hydrogens is 332 g/mol. The molecule has 1 saturated heterocycles. The second-order valence-electron chi connectivity index (χ2n) is 6.13. The van der Waals surface area contributed by atoms with Crippen molar-refractivity contribution in [2.45, 2.75) is 12.8 Å². The quantitative estimate of drug-likeness (QED) is 0.707. The number of rotatable bonds is 4. The molecule has 0 saturated carbocycles. The zero-order valence-corrected chi connectivity index (χ0v) is 14.6. The van der Waals surface area contributed by atoms with E-state index in [9.17, 15) is 0 Å². The standard InChI is InChI=1S/C20H19ClN4/c21-16-8-10-17(11-9-16)22-20-23-18(15-6-2-1-3-7-15)14-19(24-20)25-12-4-5-13-25/h1-3,6-11,14H,4-5,12-13H2,(H,22,23,24). The van der Waals surface area contributed by atoms with Gasteiger partial charge in [-0.2, -0.15) is 4.98 Å². The van der Waals surface area contributed by atoms with Gasteiger partial charge in [0.15, 0.2) is 0 Å². The first-order valence-corrected chi connectivity index (χ1v) is 8.88. The van der Waals surface area contributed by atoms with E-state index in [1.54, 1.807) is 0 Å². The van der Waals surface area contributed by atoms with Crippen molar-refractivity contribution < 1.29 is 0 Å². The summed E-state index contributed by atoms with van der Waals surface area (Å²) < 4.78 is 0. The third kappa shape index (κ3) is 3.74. The molecule has 5 heteroatoms.